The van der Waals surface area contributed by atoms with E-state index in [2.05, 4.69) is 5.32 Å². The minimum absolute atomic E-state index is 0.00719. The van der Waals surface area contributed by atoms with Crippen LogP contribution in [-0.4, -0.2) is 26.0 Å². The molecule has 0 aliphatic rings. The molecule has 3 N–H and O–H groups in total. The molecule has 0 bridgehead atoms. The molecule has 0 saturated heterocycles. The number of benzene rings is 3. The molecule has 10 heteroatoms. The van der Waals surface area contributed by atoms with Crippen molar-refractivity contribution in [3.63, 3.8) is 0 Å². The van der Waals surface area contributed by atoms with Crippen LogP contribution in [0.1, 0.15) is 30.5 Å². The van der Waals surface area contributed by atoms with E-state index in [9.17, 15) is 26.8 Å². The number of nitrogens with two attached hydrogens (primary N) is 1. The standard InChI is InChI=1S/C26H25F3N2O4S/c1-3-36(34,35)20-9-4-16(5-10-20)12-24(32)31-19-8-11-21(23(29)14-19)26(2,25(30)33)15-17-6-7-18(27)13-22(17)28/h4-11,13-14H,3,12,15H2,1-2H3,(H2,30,33)(H,31,32). The molecule has 36 heavy (non-hydrogen) atoms. The van der Waals surface area contributed by atoms with E-state index in [4.69, 9.17) is 5.73 Å². The van der Waals surface area contributed by atoms with Crippen molar-refractivity contribution in [1.82, 2.24) is 0 Å². The molecule has 6 nitrogen and oxygen atoms in total. The van der Waals surface area contributed by atoms with Crippen LogP contribution in [0.25, 0.3) is 0 Å². The summed E-state index contributed by atoms with van der Waals surface area (Å²) in [5.74, 6) is -3.93. The molecule has 0 saturated carbocycles. The highest BCUT2D eigenvalue weighted by atomic mass is 32.2. The van der Waals surface area contributed by atoms with Crippen LogP contribution in [0.4, 0.5) is 18.9 Å². The lowest BCUT2D eigenvalue weighted by atomic mass is 9.76. The quantitative estimate of drug-likeness (QED) is 0.446. The topological polar surface area (TPSA) is 106 Å². The summed E-state index contributed by atoms with van der Waals surface area (Å²) in [5, 5.41) is 2.55. The van der Waals surface area contributed by atoms with Gasteiger partial charge in [-0.3, -0.25) is 9.59 Å². The Balaban J connectivity index is 1.77. The third-order valence-electron chi connectivity index (χ3n) is 5.98. The van der Waals surface area contributed by atoms with E-state index < -0.39 is 44.5 Å². The number of halogens is 3. The van der Waals surface area contributed by atoms with Gasteiger partial charge >= 0.3 is 0 Å². The highest BCUT2D eigenvalue weighted by molar-refractivity contribution is 7.91. The zero-order chi connectivity index (χ0) is 26.7. The molecule has 2 amide bonds. The number of hydrogen-bond donors (Lipinski definition) is 2. The average Bonchev–Trinajstić information content (AvgIpc) is 2.81. The molecule has 1 unspecified atom stereocenters. The number of sulfone groups is 1. The molecule has 0 aromatic heterocycles. The third-order valence-corrected chi connectivity index (χ3v) is 7.73. The van der Waals surface area contributed by atoms with Crippen molar-refractivity contribution in [3.05, 3.63) is 94.8 Å². The van der Waals surface area contributed by atoms with Gasteiger partial charge < -0.3 is 11.1 Å². The first kappa shape index (κ1) is 26.9. The molecule has 0 fully saturated rings. The van der Waals surface area contributed by atoms with Gasteiger partial charge in [0.25, 0.3) is 0 Å². The highest BCUT2D eigenvalue weighted by Gasteiger charge is 2.37. The molecule has 3 rings (SSSR count). The Morgan fingerprint density at radius 3 is 2.17 bits per heavy atom. The van der Waals surface area contributed by atoms with E-state index >= 15 is 4.39 Å². The molecular weight excluding hydrogens is 493 g/mol. The Bertz CT molecular complexity index is 1410. The predicted octanol–water partition coefficient (Wildman–Crippen LogP) is 4.06. The lowest BCUT2D eigenvalue weighted by molar-refractivity contribution is -0.123. The SMILES string of the molecule is CCS(=O)(=O)c1ccc(CC(=O)Nc2ccc(C(C)(Cc3ccc(F)cc3F)C(N)=O)c(F)c2)cc1. The van der Waals surface area contributed by atoms with Crippen molar-refractivity contribution >= 4 is 27.3 Å². The number of amides is 2. The van der Waals surface area contributed by atoms with E-state index in [1.165, 1.54) is 56.3 Å². The molecular formula is C26H25F3N2O4S. The third kappa shape index (κ3) is 5.93. The second-order valence-electron chi connectivity index (χ2n) is 8.58. The van der Waals surface area contributed by atoms with Gasteiger partial charge in [-0.05, 0) is 54.8 Å². The second kappa shape index (κ2) is 10.5. The Hall–Kier alpha value is -3.66. The predicted molar refractivity (Wildman–Crippen MR) is 130 cm³/mol. The van der Waals surface area contributed by atoms with Crippen LogP contribution in [0.5, 0.6) is 0 Å². The van der Waals surface area contributed by atoms with Gasteiger partial charge in [-0.15, -0.1) is 0 Å². The van der Waals surface area contributed by atoms with Crippen LogP contribution < -0.4 is 11.1 Å². The van der Waals surface area contributed by atoms with Crippen LogP contribution in [0.3, 0.4) is 0 Å². The van der Waals surface area contributed by atoms with E-state index in [1.54, 1.807) is 0 Å². The van der Waals surface area contributed by atoms with Crippen molar-refractivity contribution in [2.24, 2.45) is 5.73 Å². The lowest BCUT2D eigenvalue weighted by Gasteiger charge is -2.27. The van der Waals surface area contributed by atoms with E-state index in [0.29, 0.717) is 11.6 Å². The number of hydrogen-bond acceptors (Lipinski definition) is 4. The lowest BCUT2D eigenvalue weighted by Crippen LogP contribution is -2.41. The van der Waals surface area contributed by atoms with Crippen LogP contribution >= 0.6 is 0 Å². The Labute approximate surface area is 207 Å². The van der Waals surface area contributed by atoms with Crippen LogP contribution in [0, 0.1) is 17.5 Å². The van der Waals surface area contributed by atoms with Crippen LogP contribution in [-0.2, 0) is 37.7 Å². The molecule has 3 aromatic rings. The zero-order valence-electron chi connectivity index (χ0n) is 19.6. The van der Waals surface area contributed by atoms with Gasteiger partial charge in [0.15, 0.2) is 9.84 Å². The number of rotatable bonds is 9. The normalized spacial score (nSPS) is 13.1. The maximum Gasteiger partial charge on any atom is 0.228 e. The number of primary amides is 1. The largest absolute Gasteiger partial charge is 0.369 e. The molecule has 3 aromatic carbocycles. The summed E-state index contributed by atoms with van der Waals surface area (Å²) in [6.45, 7) is 2.89. The minimum atomic E-state index is -3.36. The molecule has 0 aliphatic carbocycles. The summed E-state index contributed by atoms with van der Waals surface area (Å²) in [7, 11) is -3.36. The van der Waals surface area contributed by atoms with Gasteiger partial charge in [0.1, 0.15) is 17.5 Å². The fourth-order valence-electron chi connectivity index (χ4n) is 3.77. The van der Waals surface area contributed by atoms with Gasteiger partial charge in [0.05, 0.1) is 22.5 Å². The number of anilines is 1. The first-order chi connectivity index (χ1) is 16.9. The van der Waals surface area contributed by atoms with Crippen molar-refractivity contribution < 1.29 is 31.2 Å². The Kier molecular flexibility index (Phi) is 7.88. The van der Waals surface area contributed by atoms with Gasteiger partial charge in [0.2, 0.25) is 11.8 Å². The van der Waals surface area contributed by atoms with Crippen LogP contribution in [0.2, 0.25) is 0 Å². The number of carbonyl (C=O) groups excluding carboxylic acids is 2. The van der Waals surface area contributed by atoms with Gasteiger partial charge in [0, 0.05) is 17.3 Å². The summed E-state index contributed by atoms with van der Waals surface area (Å²) in [6.07, 6.45) is -0.389. The Morgan fingerprint density at radius 1 is 0.944 bits per heavy atom. The molecule has 0 heterocycles. The summed E-state index contributed by atoms with van der Waals surface area (Å²) < 4.78 is 66.3. The summed E-state index contributed by atoms with van der Waals surface area (Å²) >= 11 is 0. The minimum Gasteiger partial charge on any atom is -0.369 e. The van der Waals surface area contributed by atoms with Crippen molar-refractivity contribution in [1.29, 1.82) is 0 Å². The molecule has 0 spiro atoms. The molecule has 190 valence electrons. The van der Waals surface area contributed by atoms with Crippen molar-refractivity contribution in [2.45, 2.75) is 37.0 Å². The number of carbonyl (C=O) groups is 2. The zero-order valence-corrected chi connectivity index (χ0v) is 20.5. The summed E-state index contributed by atoms with van der Waals surface area (Å²) in [4.78, 5) is 24.9. The summed E-state index contributed by atoms with van der Waals surface area (Å²) in [6, 6.07) is 12.4. The first-order valence-electron chi connectivity index (χ1n) is 11.0. The van der Waals surface area contributed by atoms with Gasteiger partial charge in [-0.2, -0.15) is 0 Å². The van der Waals surface area contributed by atoms with E-state index in [0.717, 1.165) is 12.1 Å². The maximum absolute atomic E-state index is 15.1. The average molecular weight is 519 g/mol. The monoisotopic (exact) mass is 518 g/mol. The van der Waals surface area contributed by atoms with Crippen LogP contribution in [0.15, 0.2) is 65.6 Å². The Morgan fingerprint density at radius 2 is 1.61 bits per heavy atom. The van der Waals surface area contributed by atoms with Crippen molar-refractivity contribution in [3.8, 4) is 0 Å². The smallest absolute Gasteiger partial charge is 0.228 e. The summed E-state index contributed by atoms with van der Waals surface area (Å²) in [5.41, 5.74) is 4.45. The first-order valence-corrected chi connectivity index (χ1v) is 12.7. The molecule has 0 radical (unpaired) electrons. The van der Waals surface area contributed by atoms with Gasteiger partial charge in [-0.1, -0.05) is 31.2 Å². The van der Waals surface area contributed by atoms with Gasteiger partial charge in [-0.25, -0.2) is 21.6 Å². The highest BCUT2D eigenvalue weighted by Crippen LogP contribution is 2.32. The maximum atomic E-state index is 15.1. The fourth-order valence-corrected chi connectivity index (χ4v) is 4.66. The van der Waals surface area contributed by atoms with Crippen molar-refractivity contribution in [2.75, 3.05) is 11.1 Å². The molecule has 0 aliphatic heterocycles. The number of nitrogens with one attached hydrogen (secondary N) is 1. The second-order valence-corrected chi connectivity index (χ2v) is 10.9. The van der Waals surface area contributed by atoms with E-state index in [1.807, 2.05) is 0 Å². The molecule has 1 atom stereocenters. The van der Waals surface area contributed by atoms with E-state index in [-0.39, 0.29) is 40.3 Å². The fraction of sp³-hybridized carbons (Fsp3) is 0.231.